The molecule has 8 heteroatoms. The van der Waals surface area contributed by atoms with Crippen LogP contribution < -0.4 is 4.90 Å². The Hall–Kier alpha value is -2.74. The van der Waals surface area contributed by atoms with Gasteiger partial charge in [-0.1, -0.05) is 0 Å². The molecular formula is C22H22FN3O3S. The van der Waals surface area contributed by atoms with Gasteiger partial charge in [-0.3, -0.25) is 14.4 Å². The largest absolute Gasteiger partial charge is 0.333 e. The van der Waals surface area contributed by atoms with Gasteiger partial charge in [0.15, 0.2) is 0 Å². The number of nitrogens with zero attached hydrogens (tertiary/aromatic N) is 3. The number of benzene rings is 1. The number of thiophene rings is 1. The molecule has 3 amide bonds. The van der Waals surface area contributed by atoms with E-state index in [4.69, 9.17) is 0 Å². The van der Waals surface area contributed by atoms with Gasteiger partial charge in [0.25, 0.3) is 11.8 Å². The van der Waals surface area contributed by atoms with Crippen molar-refractivity contribution >= 4 is 34.1 Å². The predicted molar refractivity (Wildman–Crippen MR) is 111 cm³/mol. The summed E-state index contributed by atoms with van der Waals surface area (Å²) in [5, 5.41) is 0.738. The first-order valence-electron chi connectivity index (χ1n) is 10.2. The van der Waals surface area contributed by atoms with Crippen molar-refractivity contribution in [2.24, 2.45) is 5.92 Å². The van der Waals surface area contributed by atoms with Gasteiger partial charge < -0.3 is 14.7 Å². The molecule has 3 aliphatic rings. The van der Waals surface area contributed by atoms with Gasteiger partial charge in [-0.15, -0.1) is 11.3 Å². The van der Waals surface area contributed by atoms with E-state index in [0.717, 1.165) is 28.3 Å². The molecule has 30 heavy (non-hydrogen) atoms. The maximum Gasteiger partial charge on any atom is 0.257 e. The van der Waals surface area contributed by atoms with Gasteiger partial charge in [0.2, 0.25) is 5.91 Å². The predicted octanol–water partition coefficient (Wildman–Crippen LogP) is 2.91. The highest BCUT2D eigenvalue weighted by atomic mass is 32.1. The summed E-state index contributed by atoms with van der Waals surface area (Å²) < 4.78 is 13.2. The summed E-state index contributed by atoms with van der Waals surface area (Å²) in [5.74, 6) is -0.186. The second-order valence-electron chi connectivity index (χ2n) is 8.28. The lowest BCUT2D eigenvalue weighted by atomic mass is 10.0. The van der Waals surface area contributed by atoms with Crippen molar-refractivity contribution in [3.05, 3.63) is 51.7 Å². The van der Waals surface area contributed by atoms with Crippen molar-refractivity contribution in [2.75, 3.05) is 31.6 Å². The maximum absolute atomic E-state index is 13.2. The monoisotopic (exact) mass is 427 g/mol. The number of hydrogen-bond acceptors (Lipinski definition) is 4. The molecule has 1 aromatic heterocycles. The molecule has 0 radical (unpaired) electrons. The van der Waals surface area contributed by atoms with Gasteiger partial charge in [-0.25, -0.2) is 4.39 Å². The second kappa shape index (κ2) is 7.19. The van der Waals surface area contributed by atoms with Crippen molar-refractivity contribution in [1.29, 1.82) is 0 Å². The molecule has 0 saturated heterocycles. The summed E-state index contributed by atoms with van der Waals surface area (Å²) in [6.07, 6.45) is 2.81. The topological polar surface area (TPSA) is 60.9 Å². The fourth-order valence-corrected chi connectivity index (χ4v) is 5.54. The Bertz CT molecular complexity index is 1040. The van der Waals surface area contributed by atoms with Crippen molar-refractivity contribution in [2.45, 2.75) is 25.8 Å². The summed E-state index contributed by atoms with van der Waals surface area (Å²) in [6, 6.07) is 5.55. The van der Waals surface area contributed by atoms with E-state index in [0.29, 0.717) is 43.1 Å². The van der Waals surface area contributed by atoms with E-state index >= 15 is 0 Å². The van der Waals surface area contributed by atoms with E-state index in [-0.39, 0.29) is 30.1 Å². The molecule has 2 aromatic rings. The molecule has 3 heterocycles. The summed E-state index contributed by atoms with van der Waals surface area (Å²) >= 11 is 1.46. The van der Waals surface area contributed by atoms with Crippen molar-refractivity contribution in [3.63, 3.8) is 0 Å². The van der Waals surface area contributed by atoms with Crippen LogP contribution in [-0.2, 0) is 17.8 Å². The van der Waals surface area contributed by atoms with E-state index in [2.05, 4.69) is 0 Å². The van der Waals surface area contributed by atoms with Gasteiger partial charge in [-0.2, -0.15) is 0 Å². The highest BCUT2D eigenvalue weighted by molar-refractivity contribution is 7.17. The molecule has 6 nitrogen and oxygen atoms in total. The Morgan fingerprint density at radius 1 is 1.17 bits per heavy atom. The number of amides is 3. The van der Waals surface area contributed by atoms with Crippen LogP contribution >= 0.6 is 11.3 Å². The van der Waals surface area contributed by atoms with Crippen LogP contribution in [0.5, 0.6) is 0 Å². The number of rotatable bonds is 3. The third-order valence-electron chi connectivity index (χ3n) is 6.03. The van der Waals surface area contributed by atoms with Crippen LogP contribution in [0.25, 0.3) is 0 Å². The number of likely N-dealkylation sites (N-methyl/N-ethyl adjacent to an activating group) is 1. The van der Waals surface area contributed by atoms with Crippen molar-refractivity contribution in [3.8, 4) is 0 Å². The Morgan fingerprint density at radius 3 is 2.60 bits per heavy atom. The lowest BCUT2D eigenvalue weighted by molar-refractivity contribution is -0.119. The van der Waals surface area contributed by atoms with E-state index in [1.54, 1.807) is 16.8 Å². The van der Waals surface area contributed by atoms with Gasteiger partial charge >= 0.3 is 0 Å². The molecule has 156 valence electrons. The van der Waals surface area contributed by atoms with Crippen molar-refractivity contribution in [1.82, 2.24) is 9.80 Å². The quantitative estimate of drug-likeness (QED) is 0.757. The Kier molecular flexibility index (Phi) is 4.61. The summed E-state index contributed by atoms with van der Waals surface area (Å²) in [7, 11) is 1.67. The summed E-state index contributed by atoms with van der Waals surface area (Å²) in [4.78, 5) is 44.8. The first-order valence-corrected chi connectivity index (χ1v) is 11.0. The number of fused-ring (bicyclic) bond motifs is 3. The van der Waals surface area contributed by atoms with Gasteiger partial charge in [0.1, 0.15) is 17.4 Å². The standard InChI is InChI=1S/C22H22FN3O3S/c1-24-12-18(27)26(10-13-2-3-13)22-19(21(24)29)16-8-9-25(11-17(16)30-22)20(28)14-4-6-15(23)7-5-14/h4-7,13H,2-3,8-12H2,1H3. The van der Waals surface area contributed by atoms with E-state index in [1.807, 2.05) is 0 Å². The molecule has 5 rings (SSSR count). The Balaban J connectivity index is 1.48. The van der Waals surface area contributed by atoms with Crippen LogP contribution in [0.2, 0.25) is 0 Å². The zero-order valence-corrected chi connectivity index (χ0v) is 17.5. The highest BCUT2D eigenvalue weighted by Gasteiger charge is 2.39. The first kappa shape index (κ1) is 19.2. The number of halogens is 1. The lowest BCUT2D eigenvalue weighted by Crippen LogP contribution is -2.38. The molecule has 1 fully saturated rings. The van der Waals surface area contributed by atoms with Gasteiger partial charge in [0, 0.05) is 30.6 Å². The number of carbonyl (C=O) groups is 3. The second-order valence-corrected chi connectivity index (χ2v) is 9.36. The average molecular weight is 428 g/mol. The lowest BCUT2D eigenvalue weighted by Gasteiger charge is -2.27. The Labute approximate surface area is 177 Å². The minimum atomic E-state index is -0.377. The van der Waals surface area contributed by atoms with Crippen LogP contribution in [0.15, 0.2) is 24.3 Å². The number of carbonyl (C=O) groups excluding carboxylic acids is 3. The first-order chi connectivity index (χ1) is 14.4. The van der Waals surface area contributed by atoms with E-state index in [9.17, 15) is 18.8 Å². The molecule has 0 N–H and O–H groups in total. The maximum atomic E-state index is 13.2. The molecule has 0 spiro atoms. The third kappa shape index (κ3) is 3.29. The molecular weight excluding hydrogens is 405 g/mol. The number of hydrogen-bond donors (Lipinski definition) is 0. The van der Waals surface area contributed by atoms with Crippen molar-refractivity contribution < 1.29 is 18.8 Å². The minimum absolute atomic E-state index is 0.0469. The third-order valence-corrected chi connectivity index (χ3v) is 7.27. The minimum Gasteiger partial charge on any atom is -0.333 e. The molecule has 1 aliphatic carbocycles. The number of anilines is 1. The smallest absolute Gasteiger partial charge is 0.257 e. The van der Waals surface area contributed by atoms with Crippen LogP contribution in [0.4, 0.5) is 9.39 Å². The fraction of sp³-hybridized carbons (Fsp3) is 0.409. The van der Waals surface area contributed by atoms with Crippen LogP contribution in [0.1, 0.15) is 44.0 Å². The molecule has 1 aromatic carbocycles. The molecule has 0 bridgehead atoms. The highest BCUT2D eigenvalue weighted by Crippen LogP contribution is 2.43. The normalized spacial score (nSPS) is 18.9. The zero-order chi connectivity index (χ0) is 21.0. The SMILES string of the molecule is CN1CC(=O)N(CC2CC2)c2sc3c(c2C1=O)CCN(C(=O)c1ccc(F)cc1)C3. The molecule has 1 saturated carbocycles. The van der Waals surface area contributed by atoms with Gasteiger partial charge in [-0.05, 0) is 55.0 Å². The van der Waals surface area contributed by atoms with Crippen LogP contribution in [-0.4, -0.2) is 54.2 Å². The molecule has 0 unspecified atom stereocenters. The summed E-state index contributed by atoms with van der Waals surface area (Å²) in [5.41, 5.74) is 2.04. The Morgan fingerprint density at radius 2 is 1.90 bits per heavy atom. The van der Waals surface area contributed by atoms with E-state index < -0.39 is 0 Å². The molecule has 0 atom stereocenters. The molecule has 2 aliphatic heterocycles. The summed E-state index contributed by atoms with van der Waals surface area (Å²) in [6.45, 7) is 1.63. The van der Waals surface area contributed by atoms with Gasteiger partial charge in [0.05, 0.1) is 12.1 Å². The fourth-order valence-electron chi connectivity index (χ4n) is 4.16. The van der Waals surface area contributed by atoms with Crippen LogP contribution in [0, 0.1) is 11.7 Å². The zero-order valence-electron chi connectivity index (χ0n) is 16.7. The average Bonchev–Trinajstić information content (AvgIpc) is 3.49. The van der Waals surface area contributed by atoms with E-state index in [1.165, 1.54) is 40.5 Å². The van der Waals surface area contributed by atoms with Crippen LogP contribution in [0.3, 0.4) is 0 Å².